The van der Waals surface area contributed by atoms with E-state index in [0.29, 0.717) is 5.92 Å². The summed E-state index contributed by atoms with van der Waals surface area (Å²) in [5, 5.41) is 9.03. The van der Waals surface area contributed by atoms with Crippen molar-refractivity contribution in [1.82, 2.24) is 0 Å². The van der Waals surface area contributed by atoms with Crippen LogP contribution < -0.4 is 0 Å². The number of allylic oxidation sites excluding steroid dienone is 2. The van der Waals surface area contributed by atoms with Crippen LogP contribution in [0, 0.1) is 35.0 Å². The van der Waals surface area contributed by atoms with Gasteiger partial charge in [0.1, 0.15) is 0 Å². The van der Waals surface area contributed by atoms with Crippen molar-refractivity contribution in [2.24, 2.45) is 23.7 Å². The highest BCUT2D eigenvalue weighted by Gasteiger charge is 2.30. The molecule has 2 fully saturated rings. The average molecular weight is 316 g/mol. The van der Waals surface area contributed by atoms with Gasteiger partial charge in [-0.3, -0.25) is 0 Å². The van der Waals surface area contributed by atoms with Crippen LogP contribution in [0.4, 0.5) is 0 Å². The summed E-state index contributed by atoms with van der Waals surface area (Å²) in [4.78, 5) is 0. The van der Waals surface area contributed by atoms with Gasteiger partial charge in [-0.15, -0.1) is 0 Å². The molecule has 0 aromatic heterocycles. The van der Waals surface area contributed by atoms with Crippen LogP contribution in [0.3, 0.4) is 0 Å². The maximum atomic E-state index is 9.03. The van der Waals surface area contributed by atoms with Crippen LogP contribution in [0.25, 0.3) is 0 Å². The molecule has 2 aliphatic carbocycles. The predicted octanol–water partition coefficient (Wildman–Crippen LogP) is 7.04. The van der Waals surface area contributed by atoms with E-state index in [4.69, 9.17) is 5.26 Å². The van der Waals surface area contributed by atoms with Crippen LogP contribution in [0.1, 0.15) is 96.8 Å². The number of hydrogen-bond acceptors (Lipinski definition) is 1. The second-order valence-electron chi connectivity index (χ2n) is 8.05. The molecule has 1 heteroatoms. The Labute approximate surface area is 144 Å². The van der Waals surface area contributed by atoms with E-state index in [2.05, 4.69) is 25.1 Å². The third kappa shape index (κ3) is 6.70. The molecule has 0 aromatic rings. The normalized spacial score (nSPS) is 32.0. The van der Waals surface area contributed by atoms with Crippen LogP contribution in [-0.4, -0.2) is 0 Å². The fraction of sp³-hybridized carbons (Fsp3) is 0.864. The molecule has 0 aliphatic heterocycles. The van der Waals surface area contributed by atoms with Crippen molar-refractivity contribution < 1.29 is 0 Å². The summed E-state index contributed by atoms with van der Waals surface area (Å²) < 4.78 is 0. The molecule has 0 N–H and O–H groups in total. The van der Waals surface area contributed by atoms with Crippen LogP contribution >= 0.6 is 0 Å². The molecule has 2 rings (SSSR count). The van der Waals surface area contributed by atoms with Gasteiger partial charge in [-0.25, -0.2) is 0 Å². The van der Waals surface area contributed by atoms with Gasteiger partial charge in [0.25, 0.3) is 0 Å². The Morgan fingerprint density at radius 2 is 1.43 bits per heavy atom. The molecule has 2 saturated carbocycles. The van der Waals surface area contributed by atoms with Crippen LogP contribution in [0.2, 0.25) is 0 Å². The fourth-order valence-corrected chi connectivity index (χ4v) is 4.68. The zero-order chi connectivity index (χ0) is 16.3. The van der Waals surface area contributed by atoms with Crippen molar-refractivity contribution in [2.75, 3.05) is 0 Å². The van der Waals surface area contributed by atoms with Gasteiger partial charge in [-0.2, -0.15) is 5.26 Å². The maximum Gasteiger partial charge on any atom is 0.0655 e. The van der Waals surface area contributed by atoms with Gasteiger partial charge in [-0.05, 0) is 82.0 Å². The minimum Gasteiger partial charge on any atom is -0.198 e. The van der Waals surface area contributed by atoms with Crippen molar-refractivity contribution in [1.29, 1.82) is 5.26 Å². The van der Waals surface area contributed by atoms with E-state index < -0.39 is 0 Å². The van der Waals surface area contributed by atoms with Crippen LogP contribution in [-0.2, 0) is 0 Å². The quantitative estimate of drug-likeness (QED) is 0.348. The van der Waals surface area contributed by atoms with Gasteiger partial charge in [-0.1, -0.05) is 44.8 Å². The Hall–Kier alpha value is -0.770. The highest BCUT2D eigenvalue weighted by Crippen LogP contribution is 2.41. The highest BCUT2D eigenvalue weighted by molar-refractivity contribution is 4.93. The van der Waals surface area contributed by atoms with E-state index in [1.165, 1.54) is 89.9 Å². The summed E-state index contributed by atoms with van der Waals surface area (Å²) in [6, 6.07) is 2.47. The SMILES string of the molecule is CCCCCCCC=CC1CCC(C2CCC(C#N)CC2)CC1. The van der Waals surface area contributed by atoms with E-state index >= 15 is 0 Å². The zero-order valence-corrected chi connectivity index (χ0v) is 15.3. The number of unbranched alkanes of at least 4 members (excludes halogenated alkanes) is 5. The van der Waals surface area contributed by atoms with Gasteiger partial charge in [0.05, 0.1) is 6.07 Å². The first-order chi connectivity index (χ1) is 11.3. The standard InChI is InChI=1S/C22H37N/c1-2-3-4-5-6-7-8-9-19-10-14-21(15-11-19)22-16-12-20(18-23)13-17-22/h8-9,19-22H,2-7,10-17H2,1H3. The van der Waals surface area contributed by atoms with Gasteiger partial charge in [0, 0.05) is 5.92 Å². The zero-order valence-electron chi connectivity index (χ0n) is 15.3. The summed E-state index contributed by atoms with van der Waals surface area (Å²) in [7, 11) is 0. The lowest BCUT2D eigenvalue weighted by molar-refractivity contribution is 0.168. The summed E-state index contributed by atoms with van der Waals surface area (Å²) in [6.45, 7) is 2.28. The highest BCUT2D eigenvalue weighted by atomic mass is 14.4. The maximum absolute atomic E-state index is 9.03. The summed E-state index contributed by atoms with van der Waals surface area (Å²) in [5.74, 6) is 3.12. The lowest BCUT2D eigenvalue weighted by Gasteiger charge is -2.36. The Kier molecular flexibility index (Phi) is 8.80. The molecule has 0 spiro atoms. The molecule has 0 aromatic carbocycles. The van der Waals surface area contributed by atoms with Crippen molar-refractivity contribution in [3.63, 3.8) is 0 Å². The molecule has 2 aliphatic rings. The molecule has 23 heavy (non-hydrogen) atoms. The number of hydrogen-bond donors (Lipinski definition) is 0. The third-order valence-corrected chi connectivity index (χ3v) is 6.32. The minimum absolute atomic E-state index is 0.364. The summed E-state index contributed by atoms with van der Waals surface area (Å²) in [6.07, 6.45) is 23.9. The molecule has 0 saturated heterocycles. The average Bonchev–Trinajstić information content (AvgIpc) is 2.61. The van der Waals surface area contributed by atoms with Crippen molar-refractivity contribution in [2.45, 2.75) is 96.8 Å². The lowest BCUT2D eigenvalue weighted by Crippen LogP contribution is -2.25. The smallest absolute Gasteiger partial charge is 0.0655 e. The van der Waals surface area contributed by atoms with E-state index in [0.717, 1.165) is 17.8 Å². The third-order valence-electron chi connectivity index (χ3n) is 6.32. The fourth-order valence-electron chi connectivity index (χ4n) is 4.68. The van der Waals surface area contributed by atoms with E-state index in [-0.39, 0.29) is 0 Å². The molecule has 0 radical (unpaired) electrons. The van der Waals surface area contributed by atoms with Crippen LogP contribution in [0.15, 0.2) is 12.2 Å². The minimum atomic E-state index is 0.364. The molecule has 0 atom stereocenters. The second-order valence-corrected chi connectivity index (χ2v) is 8.05. The van der Waals surface area contributed by atoms with Gasteiger partial charge < -0.3 is 0 Å². The Balaban J connectivity index is 1.56. The van der Waals surface area contributed by atoms with E-state index in [9.17, 15) is 0 Å². The van der Waals surface area contributed by atoms with Gasteiger partial charge in [0.15, 0.2) is 0 Å². The molecule has 1 nitrogen and oxygen atoms in total. The van der Waals surface area contributed by atoms with Crippen molar-refractivity contribution >= 4 is 0 Å². The van der Waals surface area contributed by atoms with Crippen molar-refractivity contribution in [3.8, 4) is 6.07 Å². The molecule has 0 unspecified atom stereocenters. The molecule has 0 bridgehead atoms. The molecule has 0 amide bonds. The largest absolute Gasteiger partial charge is 0.198 e. The molecule has 130 valence electrons. The second kappa shape index (κ2) is 10.9. The van der Waals surface area contributed by atoms with E-state index in [1.54, 1.807) is 0 Å². The van der Waals surface area contributed by atoms with Crippen LogP contribution in [0.5, 0.6) is 0 Å². The molecular weight excluding hydrogens is 278 g/mol. The topological polar surface area (TPSA) is 23.8 Å². The van der Waals surface area contributed by atoms with E-state index in [1.807, 2.05) is 0 Å². The predicted molar refractivity (Wildman–Crippen MR) is 99.0 cm³/mol. The first-order valence-corrected chi connectivity index (χ1v) is 10.4. The first-order valence-electron chi connectivity index (χ1n) is 10.4. The Bertz CT molecular complexity index is 362. The summed E-state index contributed by atoms with van der Waals surface area (Å²) >= 11 is 0. The first kappa shape index (κ1) is 18.6. The van der Waals surface area contributed by atoms with Crippen molar-refractivity contribution in [3.05, 3.63) is 12.2 Å². The number of nitrogens with zero attached hydrogens (tertiary/aromatic N) is 1. The Morgan fingerprint density at radius 3 is 2.04 bits per heavy atom. The van der Waals surface area contributed by atoms with Gasteiger partial charge >= 0.3 is 0 Å². The summed E-state index contributed by atoms with van der Waals surface area (Å²) in [5.41, 5.74) is 0. The molecule has 0 heterocycles. The van der Waals surface area contributed by atoms with Gasteiger partial charge in [0.2, 0.25) is 0 Å². The Morgan fingerprint density at radius 1 is 0.826 bits per heavy atom. The number of rotatable bonds is 8. The molecular formula is C22H37N. The lowest BCUT2D eigenvalue weighted by atomic mass is 9.69. The number of nitriles is 1. The monoisotopic (exact) mass is 315 g/mol.